The van der Waals surface area contributed by atoms with Gasteiger partial charge in [0.05, 0.1) is 13.5 Å². The van der Waals surface area contributed by atoms with Gasteiger partial charge in [-0.2, -0.15) is 0 Å². The first-order chi connectivity index (χ1) is 7.08. The van der Waals surface area contributed by atoms with E-state index in [1.54, 1.807) is 12.1 Å². The van der Waals surface area contributed by atoms with Gasteiger partial charge in [-0.15, -0.1) is 0 Å². The second-order valence-electron chi connectivity index (χ2n) is 3.19. The maximum Gasteiger partial charge on any atom is 0.238 e. The molecule has 0 saturated carbocycles. The minimum atomic E-state index is -0.365. The maximum absolute atomic E-state index is 11.0. The zero-order valence-corrected chi connectivity index (χ0v) is 8.70. The molecule has 1 rings (SSSR count). The van der Waals surface area contributed by atoms with Crippen LogP contribution in [0.2, 0.25) is 0 Å². The van der Waals surface area contributed by atoms with Gasteiger partial charge in [0.1, 0.15) is 11.5 Å². The number of methoxy groups -OCH3 is 1. The number of ether oxygens (including phenoxy) is 1. The monoisotopic (exact) mass is 210 g/mol. The normalized spacial score (nSPS) is 9.80. The van der Waals surface area contributed by atoms with E-state index < -0.39 is 0 Å². The van der Waals surface area contributed by atoms with Crippen LogP contribution in [0.25, 0.3) is 0 Å². The number of carbonyl (C=O) groups excluding carboxylic acids is 1. The van der Waals surface area contributed by atoms with E-state index in [2.05, 4.69) is 0 Å². The standard InChI is InChI=1S/C10H14N2O3/c1-6-3-8(13)7(4-9(6)15-2)5-10(14)12-11/h3-4,13H,5,11H2,1-2H3,(H,12,14). The molecule has 4 N–H and O–H groups in total. The van der Waals surface area contributed by atoms with Crippen molar-refractivity contribution in [3.8, 4) is 11.5 Å². The Morgan fingerprint density at radius 1 is 1.60 bits per heavy atom. The summed E-state index contributed by atoms with van der Waals surface area (Å²) in [6, 6.07) is 3.18. The molecule has 0 atom stereocenters. The molecule has 0 spiro atoms. The summed E-state index contributed by atoms with van der Waals surface area (Å²) < 4.78 is 5.08. The lowest BCUT2D eigenvalue weighted by Gasteiger charge is -2.09. The van der Waals surface area contributed by atoms with Gasteiger partial charge < -0.3 is 9.84 Å². The maximum atomic E-state index is 11.0. The number of nitrogens with one attached hydrogen (secondary N) is 1. The van der Waals surface area contributed by atoms with Crippen molar-refractivity contribution in [1.82, 2.24) is 5.43 Å². The summed E-state index contributed by atoms with van der Waals surface area (Å²) in [5.74, 6) is 5.29. The van der Waals surface area contributed by atoms with Crippen LogP contribution < -0.4 is 16.0 Å². The summed E-state index contributed by atoms with van der Waals surface area (Å²) in [6.45, 7) is 1.81. The predicted molar refractivity (Wildman–Crippen MR) is 55.4 cm³/mol. The van der Waals surface area contributed by atoms with E-state index in [1.165, 1.54) is 7.11 Å². The van der Waals surface area contributed by atoms with Crippen LogP contribution >= 0.6 is 0 Å². The Bertz CT molecular complexity index is 377. The third kappa shape index (κ3) is 2.60. The first kappa shape index (κ1) is 11.3. The lowest BCUT2D eigenvalue weighted by Crippen LogP contribution is -2.31. The Balaban J connectivity index is 3.02. The molecule has 0 aliphatic carbocycles. The topological polar surface area (TPSA) is 84.6 Å². The van der Waals surface area contributed by atoms with Crippen molar-refractivity contribution in [3.05, 3.63) is 23.3 Å². The number of aromatic hydroxyl groups is 1. The van der Waals surface area contributed by atoms with Crippen LogP contribution in [0.15, 0.2) is 12.1 Å². The summed E-state index contributed by atoms with van der Waals surface area (Å²) in [4.78, 5) is 11.0. The number of phenols is 1. The van der Waals surface area contributed by atoms with E-state index in [0.29, 0.717) is 11.3 Å². The second kappa shape index (κ2) is 4.65. The van der Waals surface area contributed by atoms with E-state index in [4.69, 9.17) is 10.6 Å². The van der Waals surface area contributed by atoms with Gasteiger partial charge in [0, 0.05) is 5.56 Å². The quantitative estimate of drug-likeness (QED) is 0.379. The smallest absolute Gasteiger partial charge is 0.238 e. The summed E-state index contributed by atoms with van der Waals surface area (Å²) in [7, 11) is 1.53. The molecule has 0 fully saturated rings. The fourth-order valence-electron chi connectivity index (χ4n) is 1.30. The van der Waals surface area contributed by atoms with Crippen LogP contribution in [0.3, 0.4) is 0 Å². The fourth-order valence-corrected chi connectivity index (χ4v) is 1.30. The molecule has 0 aliphatic rings. The van der Waals surface area contributed by atoms with E-state index in [-0.39, 0.29) is 18.1 Å². The number of hydrazine groups is 1. The first-order valence-electron chi connectivity index (χ1n) is 4.44. The molecule has 0 radical (unpaired) electrons. The number of hydrogen-bond donors (Lipinski definition) is 3. The van der Waals surface area contributed by atoms with E-state index >= 15 is 0 Å². The van der Waals surface area contributed by atoms with Gasteiger partial charge in [0.15, 0.2) is 0 Å². The van der Waals surface area contributed by atoms with E-state index in [0.717, 1.165) is 5.56 Å². The lowest BCUT2D eigenvalue weighted by molar-refractivity contribution is -0.120. The molecule has 5 nitrogen and oxygen atoms in total. The molecule has 0 aliphatic heterocycles. The average Bonchev–Trinajstić information content (AvgIpc) is 2.21. The highest BCUT2D eigenvalue weighted by Crippen LogP contribution is 2.27. The number of carbonyl (C=O) groups is 1. The third-order valence-corrected chi connectivity index (χ3v) is 2.11. The van der Waals surface area contributed by atoms with Crippen LogP contribution in [0.5, 0.6) is 11.5 Å². The molecule has 1 amide bonds. The average molecular weight is 210 g/mol. The fraction of sp³-hybridized carbons (Fsp3) is 0.300. The van der Waals surface area contributed by atoms with Crippen molar-refractivity contribution >= 4 is 5.91 Å². The highest BCUT2D eigenvalue weighted by Gasteiger charge is 2.10. The van der Waals surface area contributed by atoms with Gasteiger partial charge in [-0.25, -0.2) is 5.84 Å². The van der Waals surface area contributed by atoms with Gasteiger partial charge in [-0.1, -0.05) is 0 Å². The van der Waals surface area contributed by atoms with Crippen molar-refractivity contribution in [2.45, 2.75) is 13.3 Å². The summed E-state index contributed by atoms with van der Waals surface area (Å²) in [5.41, 5.74) is 3.30. The molecule has 5 heteroatoms. The number of amides is 1. The van der Waals surface area contributed by atoms with Crippen LogP contribution in [0.4, 0.5) is 0 Å². The minimum Gasteiger partial charge on any atom is -0.508 e. The number of nitrogens with two attached hydrogens (primary N) is 1. The number of rotatable bonds is 3. The molecule has 0 saturated heterocycles. The molecular formula is C10H14N2O3. The molecule has 0 bridgehead atoms. The van der Waals surface area contributed by atoms with Gasteiger partial charge in [-0.05, 0) is 24.6 Å². The first-order valence-corrected chi connectivity index (χ1v) is 4.44. The van der Waals surface area contributed by atoms with Crippen LogP contribution in [-0.2, 0) is 11.2 Å². The Kier molecular flexibility index (Phi) is 3.51. The number of aryl methyl sites for hydroxylation is 1. The van der Waals surface area contributed by atoms with Crippen LogP contribution in [-0.4, -0.2) is 18.1 Å². The lowest BCUT2D eigenvalue weighted by atomic mass is 10.1. The predicted octanol–water partition coefficient (Wildman–Crippen LogP) is 0.242. The van der Waals surface area contributed by atoms with Crippen molar-refractivity contribution in [2.75, 3.05) is 7.11 Å². The highest BCUT2D eigenvalue weighted by molar-refractivity contribution is 5.78. The van der Waals surface area contributed by atoms with Gasteiger partial charge >= 0.3 is 0 Å². The Morgan fingerprint density at radius 3 is 2.80 bits per heavy atom. The zero-order valence-electron chi connectivity index (χ0n) is 8.70. The van der Waals surface area contributed by atoms with Gasteiger partial charge in [-0.3, -0.25) is 10.2 Å². The van der Waals surface area contributed by atoms with Gasteiger partial charge in [0.25, 0.3) is 0 Å². The zero-order chi connectivity index (χ0) is 11.4. The van der Waals surface area contributed by atoms with Crippen molar-refractivity contribution < 1.29 is 14.6 Å². The van der Waals surface area contributed by atoms with Gasteiger partial charge in [0.2, 0.25) is 5.91 Å². The number of benzene rings is 1. The van der Waals surface area contributed by atoms with Crippen molar-refractivity contribution in [2.24, 2.45) is 5.84 Å². The SMILES string of the molecule is COc1cc(CC(=O)NN)c(O)cc1C. The van der Waals surface area contributed by atoms with Crippen molar-refractivity contribution in [3.63, 3.8) is 0 Å². The molecule has 82 valence electrons. The second-order valence-corrected chi connectivity index (χ2v) is 3.19. The molecule has 1 aromatic carbocycles. The molecule has 0 unspecified atom stereocenters. The molecule has 15 heavy (non-hydrogen) atoms. The van der Waals surface area contributed by atoms with E-state index in [1.807, 2.05) is 12.3 Å². The summed E-state index contributed by atoms with van der Waals surface area (Å²) >= 11 is 0. The number of phenolic OH excluding ortho intramolecular Hbond substituents is 1. The largest absolute Gasteiger partial charge is 0.508 e. The highest BCUT2D eigenvalue weighted by atomic mass is 16.5. The van der Waals surface area contributed by atoms with Crippen LogP contribution in [0, 0.1) is 6.92 Å². The Morgan fingerprint density at radius 2 is 2.27 bits per heavy atom. The van der Waals surface area contributed by atoms with Crippen LogP contribution in [0.1, 0.15) is 11.1 Å². The summed E-state index contributed by atoms with van der Waals surface area (Å²) in [6.07, 6.45) is 0.0268. The van der Waals surface area contributed by atoms with Crippen molar-refractivity contribution in [1.29, 1.82) is 0 Å². The molecule has 1 aromatic rings. The van der Waals surface area contributed by atoms with E-state index in [9.17, 15) is 9.90 Å². The minimum absolute atomic E-state index is 0.0268. The molecule has 0 heterocycles. The Labute approximate surface area is 87.8 Å². The summed E-state index contributed by atoms with van der Waals surface area (Å²) in [5, 5.41) is 9.58. The molecule has 0 aromatic heterocycles. The number of hydrogen-bond acceptors (Lipinski definition) is 4. The molecular weight excluding hydrogens is 196 g/mol. The Hall–Kier alpha value is -1.75. The third-order valence-electron chi connectivity index (χ3n) is 2.11.